The third kappa shape index (κ3) is 1.72. The molecule has 0 spiro atoms. The van der Waals surface area contributed by atoms with Crippen LogP contribution in [0.2, 0.25) is 0 Å². The lowest BCUT2D eigenvalue weighted by Crippen LogP contribution is -2.23. The minimum atomic E-state index is -0.0126. The lowest BCUT2D eigenvalue weighted by molar-refractivity contribution is -0.112. The van der Waals surface area contributed by atoms with Gasteiger partial charge in [-0.2, -0.15) is 0 Å². The molecule has 0 atom stereocenters. The van der Waals surface area contributed by atoms with Gasteiger partial charge in [0.15, 0.2) is 11.6 Å². The number of carbonyl (C=O) groups excluding carboxylic acids is 2. The Morgan fingerprint density at radius 2 is 1.33 bits per heavy atom. The minimum Gasteiger partial charge on any atom is -0.289 e. The van der Waals surface area contributed by atoms with E-state index in [-0.39, 0.29) is 11.6 Å². The number of allylic oxidation sites excluding steroid dienone is 5. The van der Waals surface area contributed by atoms with Crippen molar-refractivity contribution in [2.24, 2.45) is 0 Å². The molecule has 1 aromatic rings. The van der Waals surface area contributed by atoms with Crippen LogP contribution in [0, 0.1) is 13.8 Å². The Morgan fingerprint density at radius 1 is 0.714 bits per heavy atom. The van der Waals surface area contributed by atoms with Crippen LogP contribution in [0.4, 0.5) is 0 Å². The number of hydrogen-bond acceptors (Lipinski definition) is 2. The van der Waals surface area contributed by atoms with E-state index in [4.69, 9.17) is 0 Å². The molecule has 0 saturated carbocycles. The first kappa shape index (κ1) is 13.7. The Balaban J connectivity index is 2.43. The molecule has 0 unspecified atom stereocenters. The number of rotatable bonds is 0. The van der Waals surface area contributed by atoms with Crippen molar-refractivity contribution in [2.45, 2.75) is 34.6 Å². The summed E-state index contributed by atoms with van der Waals surface area (Å²) < 4.78 is 0. The van der Waals surface area contributed by atoms with Crippen molar-refractivity contribution in [3.8, 4) is 0 Å². The van der Waals surface area contributed by atoms with Gasteiger partial charge >= 0.3 is 0 Å². The van der Waals surface area contributed by atoms with E-state index in [1.807, 2.05) is 39.8 Å². The van der Waals surface area contributed by atoms with Crippen molar-refractivity contribution in [3.63, 3.8) is 0 Å². The molecule has 0 aliphatic heterocycles. The Kier molecular flexibility index (Phi) is 2.87. The summed E-state index contributed by atoms with van der Waals surface area (Å²) in [5.74, 6) is -0.0249. The van der Waals surface area contributed by atoms with Crippen molar-refractivity contribution in [2.75, 3.05) is 0 Å². The molecule has 0 bridgehead atoms. The van der Waals surface area contributed by atoms with Gasteiger partial charge in [-0.1, -0.05) is 12.1 Å². The molecule has 0 fully saturated rings. The first-order valence-corrected chi connectivity index (χ1v) is 7.15. The van der Waals surface area contributed by atoms with Gasteiger partial charge in [-0.15, -0.1) is 0 Å². The molecule has 2 heteroatoms. The summed E-state index contributed by atoms with van der Waals surface area (Å²) in [6.45, 7) is 9.49. The number of hydrogen-bond donors (Lipinski definition) is 0. The standard InChI is InChI=1S/C19H18O2/c1-9-6-7-10(2)16-14(9)8-15-11(3)12(4)18(20)13(5)17(15)19(16)21/h6-8H,1-5H3. The van der Waals surface area contributed by atoms with Crippen LogP contribution in [0.1, 0.15) is 47.8 Å². The Hall–Kier alpha value is -2.22. The first-order chi connectivity index (χ1) is 9.84. The Morgan fingerprint density at radius 3 is 2.00 bits per heavy atom. The zero-order valence-electron chi connectivity index (χ0n) is 13.0. The van der Waals surface area contributed by atoms with Crippen molar-refractivity contribution in [1.29, 1.82) is 0 Å². The van der Waals surface area contributed by atoms with Crippen LogP contribution >= 0.6 is 0 Å². The largest absolute Gasteiger partial charge is 0.289 e. The average Bonchev–Trinajstić information content (AvgIpc) is 2.46. The summed E-state index contributed by atoms with van der Waals surface area (Å²) in [5.41, 5.74) is 7.52. The van der Waals surface area contributed by atoms with Gasteiger partial charge in [0.05, 0.1) is 0 Å². The summed E-state index contributed by atoms with van der Waals surface area (Å²) in [6.07, 6.45) is 2.07. The molecule has 3 rings (SSSR count). The number of Topliss-reactive ketones (excluding diaryl/α,β-unsaturated/α-hetero) is 2. The predicted molar refractivity (Wildman–Crippen MR) is 84.3 cm³/mol. The first-order valence-electron chi connectivity index (χ1n) is 7.15. The third-order valence-electron chi connectivity index (χ3n) is 4.71. The zero-order valence-corrected chi connectivity index (χ0v) is 13.0. The predicted octanol–water partition coefficient (Wildman–Crippen LogP) is 4.12. The van der Waals surface area contributed by atoms with Crippen molar-refractivity contribution >= 4 is 17.6 Å². The molecule has 106 valence electrons. The fraction of sp³-hybridized carbons (Fsp3) is 0.263. The molecule has 2 aliphatic carbocycles. The second-order valence-electron chi connectivity index (χ2n) is 5.95. The molecule has 0 amide bonds. The summed E-state index contributed by atoms with van der Waals surface area (Å²) in [4.78, 5) is 25.3. The highest BCUT2D eigenvalue weighted by molar-refractivity contribution is 6.26. The Labute approximate surface area is 124 Å². The molecule has 0 radical (unpaired) electrons. The van der Waals surface area contributed by atoms with Gasteiger partial charge < -0.3 is 0 Å². The van der Waals surface area contributed by atoms with Gasteiger partial charge in [0, 0.05) is 22.3 Å². The maximum absolute atomic E-state index is 13.0. The topological polar surface area (TPSA) is 34.1 Å². The van der Waals surface area contributed by atoms with E-state index in [1.165, 1.54) is 0 Å². The zero-order chi connectivity index (χ0) is 15.5. The highest BCUT2D eigenvalue weighted by Gasteiger charge is 2.34. The van der Waals surface area contributed by atoms with E-state index in [1.54, 1.807) is 6.92 Å². The molecule has 0 saturated heterocycles. The number of fused-ring (bicyclic) bond motifs is 2. The number of carbonyl (C=O) groups is 2. The van der Waals surface area contributed by atoms with E-state index in [0.29, 0.717) is 11.1 Å². The molecule has 0 N–H and O–H groups in total. The van der Waals surface area contributed by atoms with Crippen LogP contribution in [0.25, 0.3) is 6.08 Å². The normalized spacial score (nSPS) is 17.9. The second kappa shape index (κ2) is 4.39. The fourth-order valence-corrected chi connectivity index (χ4v) is 3.22. The minimum absolute atomic E-state index is 0.0123. The summed E-state index contributed by atoms with van der Waals surface area (Å²) in [7, 11) is 0. The van der Waals surface area contributed by atoms with E-state index < -0.39 is 0 Å². The lowest BCUT2D eigenvalue weighted by atomic mass is 9.74. The van der Waals surface area contributed by atoms with Crippen LogP contribution < -0.4 is 0 Å². The molecular weight excluding hydrogens is 260 g/mol. The van der Waals surface area contributed by atoms with E-state index in [9.17, 15) is 9.59 Å². The molecule has 1 aromatic carbocycles. The van der Waals surface area contributed by atoms with Gasteiger partial charge in [0.2, 0.25) is 0 Å². The third-order valence-corrected chi connectivity index (χ3v) is 4.71. The van der Waals surface area contributed by atoms with E-state index in [2.05, 4.69) is 6.08 Å². The molecule has 0 heterocycles. The molecular formula is C19H18O2. The summed E-state index contributed by atoms with van der Waals surface area (Å²) in [6, 6.07) is 4.01. The summed E-state index contributed by atoms with van der Waals surface area (Å²) >= 11 is 0. The average molecular weight is 278 g/mol. The summed E-state index contributed by atoms with van der Waals surface area (Å²) in [5, 5.41) is 0. The van der Waals surface area contributed by atoms with Crippen LogP contribution in [0.3, 0.4) is 0 Å². The smallest absolute Gasteiger partial charge is 0.194 e. The van der Waals surface area contributed by atoms with Crippen molar-refractivity contribution in [3.05, 3.63) is 62.3 Å². The van der Waals surface area contributed by atoms with Gasteiger partial charge in [0.25, 0.3) is 0 Å². The maximum atomic E-state index is 13.0. The second-order valence-corrected chi connectivity index (χ2v) is 5.95. The monoisotopic (exact) mass is 278 g/mol. The molecule has 2 aliphatic rings. The molecule has 21 heavy (non-hydrogen) atoms. The SMILES string of the molecule is CC1=C(C)C2=Cc3c(C)ccc(C)c3C(=O)C2=C(C)C1=O. The van der Waals surface area contributed by atoms with Gasteiger partial charge in [-0.25, -0.2) is 0 Å². The van der Waals surface area contributed by atoms with Crippen LogP contribution in [-0.4, -0.2) is 11.6 Å². The lowest BCUT2D eigenvalue weighted by Gasteiger charge is -2.27. The van der Waals surface area contributed by atoms with E-state index >= 15 is 0 Å². The number of aryl methyl sites for hydroxylation is 2. The van der Waals surface area contributed by atoms with E-state index in [0.717, 1.165) is 39.0 Å². The van der Waals surface area contributed by atoms with Crippen molar-refractivity contribution in [1.82, 2.24) is 0 Å². The maximum Gasteiger partial charge on any atom is 0.194 e. The Bertz CT molecular complexity index is 814. The van der Waals surface area contributed by atoms with Gasteiger partial charge in [-0.05, 0) is 68.5 Å². The fourth-order valence-electron chi connectivity index (χ4n) is 3.22. The van der Waals surface area contributed by atoms with Crippen LogP contribution in [0.15, 0.2) is 40.0 Å². The van der Waals surface area contributed by atoms with Crippen molar-refractivity contribution < 1.29 is 9.59 Å². The number of ketones is 2. The van der Waals surface area contributed by atoms with Gasteiger partial charge in [0.1, 0.15) is 0 Å². The van der Waals surface area contributed by atoms with Crippen LogP contribution in [-0.2, 0) is 4.79 Å². The number of benzene rings is 1. The van der Waals surface area contributed by atoms with Crippen LogP contribution in [0.5, 0.6) is 0 Å². The molecule has 0 aromatic heterocycles. The van der Waals surface area contributed by atoms with Gasteiger partial charge in [-0.3, -0.25) is 9.59 Å². The molecule has 2 nitrogen and oxygen atoms in total. The highest BCUT2D eigenvalue weighted by atomic mass is 16.1. The quantitative estimate of drug-likeness (QED) is 0.715. The highest BCUT2D eigenvalue weighted by Crippen LogP contribution is 2.40.